The molecule has 8 nitrogen and oxygen atoms in total. The molecule has 1 amide bonds. The first-order valence-electron chi connectivity index (χ1n) is 8.03. The first kappa shape index (κ1) is 19.1. The number of hydrogen-bond acceptors (Lipinski definition) is 6. The molecule has 1 aliphatic rings. The summed E-state index contributed by atoms with van der Waals surface area (Å²) < 4.78 is 33.6. The number of ether oxygens (including phenoxy) is 1. The van der Waals surface area contributed by atoms with E-state index in [4.69, 9.17) is 9.84 Å². The van der Waals surface area contributed by atoms with Gasteiger partial charge in [-0.2, -0.15) is 13.8 Å². The van der Waals surface area contributed by atoms with Crippen LogP contribution in [0.5, 0.6) is 0 Å². The molecular formula is C17H17F2N3O5. The van der Waals surface area contributed by atoms with Gasteiger partial charge in [0.05, 0.1) is 6.61 Å². The Morgan fingerprint density at radius 1 is 1.33 bits per heavy atom. The fourth-order valence-corrected chi connectivity index (χ4v) is 2.67. The van der Waals surface area contributed by atoms with E-state index in [9.17, 15) is 23.5 Å². The van der Waals surface area contributed by atoms with Crippen LogP contribution in [0.2, 0.25) is 0 Å². The summed E-state index contributed by atoms with van der Waals surface area (Å²) in [5.41, 5.74) is 0.200. The van der Waals surface area contributed by atoms with Crippen LogP contribution in [0.1, 0.15) is 22.1 Å². The summed E-state index contributed by atoms with van der Waals surface area (Å²) in [5.74, 6) is -4.44. The zero-order valence-electron chi connectivity index (χ0n) is 14.2. The van der Waals surface area contributed by atoms with Crippen LogP contribution in [-0.4, -0.2) is 50.4 Å². The van der Waals surface area contributed by atoms with E-state index in [1.807, 2.05) is 6.92 Å². The van der Waals surface area contributed by atoms with Crippen molar-refractivity contribution in [3.8, 4) is 0 Å². The van der Waals surface area contributed by atoms with Crippen molar-refractivity contribution in [2.45, 2.75) is 31.3 Å². The lowest BCUT2D eigenvalue weighted by Crippen LogP contribution is -2.41. The van der Waals surface area contributed by atoms with Gasteiger partial charge < -0.3 is 20.3 Å². The van der Waals surface area contributed by atoms with E-state index in [2.05, 4.69) is 10.3 Å². The number of carbonyl (C=O) groups excluding carboxylic acids is 1. The molecule has 144 valence electrons. The number of carbonyl (C=O) groups is 1. The molecule has 1 fully saturated rings. The summed E-state index contributed by atoms with van der Waals surface area (Å²) in [4.78, 5) is 27.8. The SMILES string of the molecule is Cc1ccc(C(=O)Nc2ccn([C@@H]3O[C@H](CO)[C@@H](O)C3(F)F)c(=O)n2)cc1. The number of halogens is 2. The molecule has 2 heterocycles. The summed E-state index contributed by atoms with van der Waals surface area (Å²) in [6, 6.07) is 7.82. The second-order valence-electron chi connectivity index (χ2n) is 6.15. The van der Waals surface area contributed by atoms with Gasteiger partial charge in [-0.1, -0.05) is 17.7 Å². The Bertz CT molecular complexity index is 900. The number of aromatic nitrogens is 2. The Kier molecular flexibility index (Phi) is 5.05. The highest BCUT2D eigenvalue weighted by Crippen LogP contribution is 2.41. The van der Waals surface area contributed by atoms with Gasteiger partial charge in [0.2, 0.25) is 6.23 Å². The van der Waals surface area contributed by atoms with E-state index >= 15 is 0 Å². The molecule has 1 aromatic heterocycles. The number of benzene rings is 1. The zero-order valence-corrected chi connectivity index (χ0v) is 14.2. The van der Waals surface area contributed by atoms with Crippen LogP contribution < -0.4 is 11.0 Å². The van der Waals surface area contributed by atoms with Gasteiger partial charge in [0.1, 0.15) is 11.9 Å². The first-order chi connectivity index (χ1) is 12.7. The number of alkyl halides is 2. The van der Waals surface area contributed by atoms with Crippen molar-refractivity contribution >= 4 is 11.7 Å². The molecular weight excluding hydrogens is 364 g/mol. The minimum absolute atomic E-state index is 0.123. The molecule has 0 unspecified atom stereocenters. The molecule has 0 bridgehead atoms. The van der Waals surface area contributed by atoms with Gasteiger partial charge >= 0.3 is 11.6 Å². The van der Waals surface area contributed by atoms with Crippen LogP contribution in [0.25, 0.3) is 0 Å². The van der Waals surface area contributed by atoms with Crippen molar-refractivity contribution in [3.05, 3.63) is 58.1 Å². The maximum atomic E-state index is 14.1. The minimum Gasteiger partial charge on any atom is -0.394 e. The molecule has 3 N–H and O–H groups in total. The molecule has 10 heteroatoms. The van der Waals surface area contributed by atoms with E-state index in [0.29, 0.717) is 10.1 Å². The number of aryl methyl sites for hydroxylation is 1. The highest BCUT2D eigenvalue weighted by molar-refractivity contribution is 6.03. The van der Waals surface area contributed by atoms with Gasteiger partial charge in [0, 0.05) is 11.8 Å². The first-order valence-corrected chi connectivity index (χ1v) is 8.03. The maximum absolute atomic E-state index is 14.1. The number of nitrogens with zero attached hydrogens (tertiary/aromatic N) is 2. The van der Waals surface area contributed by atoms with Crippen LogP contribution in [0.3, 0.4) is 0 Å². The second-order valence-corrected chi connectivity index (χ2v) is 6.15. The van der Waals surface area contributed by atoms with Crippen LogP contribution in [0, 0.1) is 6.92 Å². The van der Waals surface area contributed by atoms with Crippen molar-refractivity contribution in [1.82, 2.24) is 9.55 Å². The third kappa shape index (κ3) is 3.59. The van der Waals surface area contributed by atoms with E-state index < -0.39 is 42.6 Å². The van der Waals surface area contributed by atoms with E-state index in [1.54, 1.807) is 24.3 Å². The molecule has 0 spiro atoms. The number of aliphatic hydroxyl groups is 2. The number of nitrogens with one attached hydrogen (secondary N) is 1. The van der Waals surface area contributed by atoms with Crippen LogP contribution in [0.15, 0.2) is 41.3 Å². The molecule has 1 saturated heterocycles. The van der Waals surface area contributed by atoms with Gasteiger partial charge in [-0.25, -0.2) is 4.79 Å². The van der Waals surface area contributed by atoms with Gasteiger partial charge in [-0.15, -0.1) is 0 Å². The summed E-state index contributed by atoms with van der Waals surface area (Å²) in [6.07, 6.45) is -4.94. The van der Waals surface area contributed by atoms with Gasteiger partial charge in [0.25, 0.3) is 5.91 Å². The third-order valence-corrected chi connectivity index (χ3v) is 4.20. The molecule has 2 aromatic rings. The Morgan fingerprint density at radius 2 is 2.00 bits per heavy atom. The number of aliphatic hydroxyl groups excluding tert-OH is 2. The lowest BCUT2D eigenvalue weighted by atomic mass is 10.1. The summed E-state index contributed by atoms with van der Waals surface area (Å²) >= 11 is 0. The maximum Gasteiger partial charge on any atom is 0.351 e. The van der Waals surface area contributed by atoms with Gasteiger partial charge in [-0.05, 0) is 25.1 Å². The van der Waals surface area contributed by atoms with Crippen molar-refractivity contribution in [1.29, 1.82) is 0 Å². The largest absolute Gasteiger partial charge is 0.394 e. The summed E-state index contributed by atoms with van der Waals surface area (Å²) in [7, 11) is 0. The molecule has 1 aromatic carbocycles. The smallest absolute Gasteiger partial charge is 0.351 e. The van der Waals surface area contributed by atoms with E-state index in [-0.39, 0.29) is 5.82 Å². The zero-order chi connectivity index (χ0) is 19.8. The molecule has 0 radical (unpaired) electrons. The fraction of sp³-hybridized carbons (Fsp3) is 0.353. The Hall–Kier alpha value is -2.69. The van der Waals surface area contributed by atoms with Crippen molar-refractivity contribution in [3.63, 3.8) is 0 Å². The molecule has 1 aliphatic heterocycles. The van der Waals surface area contributed by atoms with Crippen molar-refractivity contribution in [2.24, 2.45) is 0 Å². The number of hydrogen-bond donors (Lipinski definition) is 3. The average Bonchev–Trinajstić information content (AvgIpc) is 2.85. The molecule has 0 saturated carbocycles. The summed E-state index contributed by atoms with van der Waals surface area (Å²) in [6.45, 7) is 1.03. The van der Waals surface area contributed by atoms with E-state index in [1.165, 1.54) is 0 Å². The average molecular weight is 381 g/mol. The van der Waals surface area contributed by atoms with Crippen LogP contribution in [0.4, 0.5) is 14.6 Å². The van der Waals surface area contributed by atoms with Gasteiger partial charge in [-0.3, -0.25) is 9.36 Å². The molecule has 0 aliphatic carbocycles. The normalized spacial score (nSPS) is 24.0. The quantitative estimate of drug-likeness (QED) is 0.718. The van der Waals surface area contributed by atoms with Gasteiger partial charge in [0.15, 0.2) is 6.10 Å². The van der Waals surface area contributed by atoms with E-state index in [0.717, 1.165) is 17.8 Å². The monoisotopic (exact) mass is 381 g/mol. The topological polar surface area (TPSA) is 114 Å². The summed E-state index contributed by atoms with van der Waals surface area (Å²) in [5, 5.41) is 20.9. The fourth-order valence-electron chi connectivity index (χ4n) is 2.67. The Labute approximate surface area is 152 Å². The Morgan fingerprint density at radius 3 is 2.56 bits per heavy atom. The third-order valence-electron chi connectivity index (χ3n) is 4.20. The number of anilines is 1. The van der Waals surface area contributed by atoms with Crippen LogP contribution >= 0.6 is 0 Å². The van der Waals surface area contributed by atoms with Crippen molar-refractivity contribution < 1.29 is 28.5 Å². The molecule has 3 rings (SSSR count). The molecule has 3 atom stereocenters. The van der Waals surface area contributed by atoms with Crippen molar-refractivity contribution in [2.75, 3.05) is 11.9 Å². The predicted octanol–water partition coefficient (Wildman–Crippen LogP) is 0.690. The standard InChI is InChI=1S/C17H17F2N3O5/c1-9-2-4-10(5-3-9)14(25)20-12-6-7-22(16(26)21-12)15-17(18,19)13(24)11(8-23)27-15/h2-7,11,13,15,23-24H,8H2,1H3,(H,20,21,25,26)/t11-,13-,15-/m1/s1. The lowest BCUT2D eigenvalue weighted by Gasteiger charge is -2.21. The minimum atomic E-state index is -3.80. The highest BCUT2D eigenvalue weighted by atomic mass is 19.3. The number of amides is 1. The van der Waals surface area contributed by atoms with Crippen LogP contribution in [-0.2, 0) is 4.74 Å². The number of rotatable bonds is 4. The second kappa shape index (κ2) is 7.14. The lowest BCUT2D eigenvalue weighted by molar-refractivity contribution is -0.140. The predicted molar refractivity (Wildman–Crippen MR) is 89.6 cm³/mol. The Balaban J connectivity index is 1.81. The molecule has 27 heavy (non-hydrogen) atoms. The highest BCUT2D eigenvalue weighted by Gasteiger charge is 2.59.